The number of hydrogen-bond acceptors (Lipinski definition) is 3. The lowest BCUT2D eigenvalue weighted by Crippen LogP contribution is -2.00. The molecule has 0 saturated carbocycles. The van der Waals surface area contributed by atoms with Crippen LogP contribution in [0.4, 0.5) is 0 Å². The number of H-pyrrole nitrogens is 1. The van der Waals surface area contributed by atoms with E-state index in [0.717, 1.165) is 35.3 Å². The molecule has 0 amide bonds. The molecule has 104 valence electrons. The highest BCUT2D eigenvalue weighted by Crippen LogP contribution is 2.24. The zero-order chi connectivity index (χ0) is 14.1. The second-order valence-electron chi connectivity index (χ2n) is 4.97. The Morgan fingerprint density at radius 2 is 2.20 bits per heavy atom. The number of aromatic amines is 1. The van der Waals surface area contributed by atoms with Gasteiger partial charge in [-0.05, 0) is 31.5 Å². The number of aromatic nitrogens is 4. The normalized spacial score (nSPS) is 12.9. The van der Waals surface area contributed by atoms with Crippen molar-refractivity contribution in [2.24, 2.45) is 0 Å². The summed E-state index contributed by atoms with van der Waals surface area (Å²) in [6, 6.07) is 8.08. The van der Waals surface area contributed by atoms with E-state index >= 15 is 0 Å². The van der Waals surface area contributed by atoms with Crippen molar-refractivity contribution in [1.29, 1.82) is 0 Å². The lowest BCUT2D eigenvalue weighted by atomic mass is 10.1. The molecule has 3 aromatic rings. The summed E-state index contributed by atoms with van der Waals surface area (Å²) < 4.78 is 2.01. The molecule has 2 heterocycles. The predicted octanol–water partition coefficient (Wildman–Crippen LogP) is 2.89. The van der Waals surface area contributed by atoms with E-state index in [4.69, 9.17) is 0 Å². The molecule has 0 aliphatic heterocycles. The van der Waals surface area contributed by atoms with Gasteiger partial charge in [0.05, 0.1) is 16.7 Å². The number of nitrogens with one attached hydrogen (secondary N) is 1. The molecular formula is C15H18N4O. The number of aliphatic hydroxyl groups excluding tert-OH is 1. The lowest BCUT2D eigenvalue weighted by molar-refractivity contribution is 0.190. The molecule has 5 nitrogen and oxygen atoms in total. The van der Waals surface area contributed by atoms with Crippen LogP contribution in [0, 0.1) is 0 Å². The van der Waals surface area contributed by atoms with E-state index < -0.39 is 6.10 Å². The molecule has 5 heteroatoms. The van der Waals surface area contributed by atoms with Crippen molar-refractivity contribution in [2.75, 3.05) is 0 Å². The maximum atomic E-state index is 9.58. The number of benzene rings is 1. The van der Waals surface area contributed by atoms with Gasteiger partial charge < -0.3 is 10.1 Å². The van der Waals surface area contributed by atoms with E-state index in [1.54, 1.807) is 6.92 Å². The van der Waals surface area contributed by atoms with E-state index in [0.29, 0.717) is 5.82 Å². The molecule has 2 N–H and O–H groups in total. The van der Waals surface area contributed by atoms with Crippen LogP contribution in [0.25, 0.3) is 22.3 Å². The summed E-state index contributed by atoms with van der Waals surface area (Å²) in [6.07, 6.45) is 2.28. The van der Waals surface area contributed by atoms with Gasteiger partial charge in [-0.1, -0.05) is 13.0 Å². The van der Waals surface area contributed by atoms with Crippen molar-refractivity contribution in [3.8, 4) is 11.3 Å². The van der Waals surface area contributed by atoms with Crippen LogP contribution in [0.15, 0.2) is 30.5 Å². The van der Waals surface area contributed by atoms with Gasteiger partial charge in [-0.2, -0.15) is 5.10 Å². The van der Waals surface area contributed by atoms with Crippen molar-refractivity contribution in [2.45, 2.75) is 32.9 Å². The second-order valence-corrected chi connectivity index (χ2v) is 4.97. The van der Waals surface area contributed by atoms with Crippen molar-refractivity contribution < 1.29 is 5.11 Å². The summed E-state index contributed by atoms with van der Waals surface area (Å²) in [4.78, 5) is 7.52. The number of aliphatic hydroxyl groups is 1. The first-order chi connectivity index (χ1) is 9.69. The summed E-state index contributed by atoms with van der Waals surface area (Å²) in [5.41, 5.74) is 4.00. The average molecular weight is 270 g/mol. The second kappa shape index (κ2) is 5.09. The van der Waals surface area contributed by atoms with E-state index in [1.807, 2.05) is 29.1 Å². The molecule has 0 spiro atoms. The largest absolute Gasteiger partial charge is 0.385 e. The Labute approximate surface area is 117 Å². The Kier molecular flexibility index (Phi) is 3.28. The average Bonchev–Trinajstić information content (AvgIpc) is 3.04. The third-order valence-corrected chi connectivity index (χ3v) is 3.34. The van der Waals surface area contributed by atoms with E-state index in [1.165, 1.54) is 0 Å². The Balaban J connectivity index is 2.05. The summed E-state index contributed by atoms with van der Waals surface area (Å²) in [5.74, 6) is 0.596. The van der Waals surface area contributed by atoms with Crippen LogP contribution in [-0.2, 0) is 6.54 Å². The number of nitrogens with zero attached hydrogens (tertiary/aromatic N) is 3. The van der Waals surface area contributed by atoms with E-state index in [-0.39, 0.29) is 0 Å². The van der Waals surface area contributed by atoms with Crippen LogP contribution < -0.4 is 0 Å². The van der Waals surface area contributed by atoms with Crippen molar-refractivity contribution in [3.05, 3.63) is 36.3 Å². The Morgan fingerprint density at radius 3 is 2.95 bits per heavy atom. The number of hydrogen-bond donors (Lipinski definition) is 2. The molecule has 2 aromatic heterocycles. The summed E-state index contributed by atoms with van der Waals surface area (Å²) in [6.45, 7) is 4.75. The molecule has 0 radical (unpaired) electrons. The first-order valence-corrected chi connectivity index (χ1v) is 6.89. The third kappa shape index (κ3) is 2.20. The predicted molar refractivity (Wildman–Crippen MR) is 78.2 cm³/mol. The van der Waals surface area contributed by atoms with E-state index in [2.05, 4.69) is 28.1 Å². The van der Waals surface area contributed by atoms with Crippen LogP contribution in [0.5, 0.6) is 0 Å². The van der Waals surface area contributed by atoms with Gasteiger partial charge in [0.1, 0.15) is 11.9 Å². The number of aryl methyl sites for hydroxylation is 1. The van der Waals surface area contributed by atoms with Gasteiger partial charge in [-0.15, -0.1) is 0 Å². The smallest absolute Gasteiger partial charge is 0.135 e. The summed E-state index contributed by atoms with van der Waals surface area (Å²) in [5, 5.41) is 13.9. The van der Waals surface area contributed by atoms with Crippen molar-refractivity contribution >= 4 is 11.0 Å². The fraction of sp³-hybridized carbons (Fsp3) is 0.333. The highest BCUT2D eigenvalue weighted by atomic mass is 16.3. The molecule has 0 aliphatic rings. The Bertz CT molecular complexity index is 726. The standard InChI is InChI=1S/C15H18N4O/c1-3-8-19-14(6-7-16-19)11-4-5-12-13(9-11)18-15(17-12)10(2)20/h4-7,9-10,20H,3,8H2,1-2H3,(H,17,18)/t10-/m1/s1. The molecule has 1 aromatic carbocycles. The van der Waals surface area contributed by atoms with Crippen molar-refractivity contribution in [1.82, 2.24) is 19.7 Å². The fourth-order valence-electron chi connectivity index (χ4n) is 2.35. The summed E-state index contributed by atoms with van der Waals surface area (Å²) in [7, 11) is 0. The van der Waals surface area contributed by atoms with Gasteiger partial charge >= 0.3 is 0 Å². The van der Waals surface area contributed by atoms with Crippen LogP contribution >= 0.6 is 0 Å². The lowest BCUT2D eigenvalue weighted by Gasteiger charge is -2.06. The third-order valence-electron chi connectivity index (χ3n) is 3.34. The van der Waals surface area contributed by atoms with Crippen LogP contribution in [0.2, 0.25) is 0 Å². The van der Waals surface area contributed by atoms with Gasteiger partial charge in [0.15, 0.2) is 0 Å². The highest BCUT2D eigenvalue weighted by molar-refractivity contribution is 5.81. The Hall–Kier alpha value is -2.14. The van der Waals surface area contributed by atoms with Gasteiger partial charge in [0, 0.05) is 18.3 Å². The molecule has 0 unspecified atom stereocenters. The van der Waals surface area contributed by atoms with Crippen LogP contribution in [0.1, 0.15) is 32.2 Å². The van der Waals surface area contributed by atoms with Gasteiger partial charge in [0.25, 0.3) is 0 Å². The minimum absolute atomic E-state index is 0.587. The molecule has 0 saturated heterocycles. The van der Waals surface area contributed by atoms with Gasteiger partial charge in [0.2, 0.25) is 0 Å². The quantitative estimate of drug-likeness (QED) is 0.766. The van der Waals surface area contributed by atoms with Crippen LogP contribution in [0.3, 0.4) is 0 Å². The maximum absolute atomic E-state index is 9.58. The van der Waals surface area contributed by atoms with Crippen LogP contribution in [-0.4, -0.2) is 24.9 Å². The SMILES string of the molecule is CCCn1nccc1-c1ccc2nc([C@@H](C)O)[nH]c2c1. The number of fused-ring (bicyclic) bond motifs is 1. The van der Waals surface area contributed by atoms with Gasteiger partial charge in [-0.25, -0.2) is 4.98 Å². The number of imidazole rings is 1. The zero-order valence-electron chi connectivity index (χ0n) is 11.7. The maximum Gasteiger partial charge on any atom is 0.135 e. The molecule has 0 fully saturated rings. The highest BCUT2D eigenvalue weighted by Gasteiger charge is 2.10. The molecule has 1 atom stereocenters. The first-order valence-electron chi connectivity index (χ1n) is 6.89. The molecule has 20 heavy (non-hydrogen) atoms. The fourth-order valence-corrected chi connectivity index (χ4v) is 2.35. The molecular weight excluding hydrogens is 252 g/mol. The zero-order valence-corrected chi connectivity index (χ0v) is 11.7. The Morgan fingerprint density at radius 1 is 1.35 bits per heavy atom. The minimum Gasteiger partial charge on any atom is -0.385 e. The van der Waals surface area contributed by atoms with E-state index in [9.17, 15) is 5.11 Å². The molecule has 0 aliphatic carbocycles. The topological polar surface area (TPSA) is 66.7 Å². The molecule has 3 rings (SSSR count). The number of rotatable bonds is 4. The minimum atomic E-state index is -0.587. The van der Waals surface area contributed by atoms with Crippen molar-refractivity contribution in [3.63, 3.8) is 0 Å². The molecule has 0 bridgehead atoms. The van der Waals surface area contributed by atoms with Gasteiger partial charge in [-0.3, -0.25) is 4.68 Å². The summed E-state index contributed by atoms with van der Waals surface area (Å²) >= 11 is 0. The first kappa shape index (κ1) is 12.9. The monoisotopic (exact) mass is 270 g/mol.